The first kappa shape index (κ1) is 23.7. The standard InChI is InChI=1S/C25H17BrClFN2O4/c1-13-11-16(26)12-14(2)22(13)34-25(33)15-3-7-18(8-4-15)29-21-20(27)23(31)30(24(21)32)19-9-5-17(28)6-10-19/h3-12,29H,1-2H3. The van der Waals surface area contributed by atoms with Gasteiger partial charge in [-0.1, -0.05) is 27.5 Å². The van der Waals surface area contributed by atoms with Crippen molar-refractivity contribution in [3.63, 3.8) is 0 Å². The molecule has 0 aromatic heterocycles. The van der Waals surface area contributed by atoms with E-state index in [4.69, 9.17) is 16.3 Å². The lowest BCUT2D eigenvalue weighted by molar-refractivity contribution is -0.120. The molecule has 0 atom stereocenters. The average molecular weight is 544 g/mol. The van der Waals surface area contributed by atoms with Gasteiger partial charge in [-0.2, -0.15) is 0 Å². The summed E-state index contributed by atoms with van der Waals surface area (Å²) in [6.45, 7) is 3.69. The molecular formula is C25H17BrClFN2O4. The highest BCUT2D eigenvalue weighted by Gasteiger charge is 2.39. The lowest BCUT2D eigenvalue weighted by Gasteiger charge is -2.15. The first-order valence-electron chi connectivity index (χ1n) is 10.1. The van der Waals surface area contributed by atoms with Crippen LogP contribution in [0, 0.1) is 19.7 Å². The van der Waals surface area contributed by atoms with Gasteiger partial charge in [-0.3, -0.25) is 9.59 Å². The number of nitrogens with zero attached hydrogens (tertiary/aromatic N) is 1. The summed E-state index contributed by atoms with van der Waals surface area (Å²) in [6.07, 6.45) is 0. The third-order valence-electron chi connectivity index (χ3n) is 5.12. The molecule has 1 heterocycles. The van der Waals surface area contributed by atoms with E-state index in [-0.39, 0.29) is 16.4 Å². The van der Waals surface area contributed by atoms with Crippen LogP contribution in [0.15, 0.2) is 75.9 Å². The number of halogens is 3. The molecule has 34 heavy (non-hydrogen) atoms. The number of hydrogen-bond donors (Lipinski definition) is 1. The first-order chi connectivity index (χ1) is 16.2. The van der Waals surface area contributed by atoms with Crippen molar-refractivity contribution in [2.75, 3.05) is 10.2 Å². The predicted molar refractivity (Wildman–Crippen MR) is 130 cm³/mol. The van der Waals surface area contributed by atoms with Crippen molar-refractivity contribution in [3.8, 4) is 5.75 Å². The Bertz CT molecular complexity index is 1330. The molecule has 0 aliphatic carbocycles. The van der Waals surface area contributed by atoms with E-state index in [9.17, 15) is 18.8 Å². The van der Waals surface area contributed by atoms with Crippen LogP contribution in [0.2, 0.25) is 0 Å². The van der Waals surface area contributed by atoms with E-state index in [1.165, 1.54) is 24.3 Å². The van der Waals surface area contributed by atoms with Gasteiger partial charge in [0.1, 0.15) is 22.3 Å². The van der Waals surface area contributed by atoms with E-state index in [2.05, 4.69) is 21.2 Å². The minimum atomic E-state index is -0.721. The molecule has 3 aromatic rings. The van der Waals surface area contributed by atoms with Crippen LogP contribution >= 0.6 is 27.5 Å². The molecule has 3 aromatic carbocycles. The van der Waals surface area contributed by atoms with Gasteiger partial charge < -0.3 is 10.1 Å². The molecule has 1 N–H and O–H groups in total. The van der Waals surface area contributed by atoms with Gasteiger partial charge in [0.05, 0.1) is 11.3 Å². The van der Waals surface area contributed by atoms with E-state index in [0.29, 0.717) is 17.0 Å². The van der Waals surface area contributed by atoms with Crippen LogP contribution in [0.25, 0.3) is 0 Å². The fraction of sp³-hybridized carbons (Fsp3) is 0.0800. The molecule has 0 saturated heterocycles. The fourth-order valence-electron chi connectivity index (χ4n) is 3.48. The fourth-order valence-corrected chi connectivity index (χ4v) is 4.38. The lowest BCUT2D eigenvalue weighted by Crippen LogP contribution is -2.32. The van der Waals surface area contributed by atoms with E-state index in [0.717, 1.165) is 32.6 Å². The number of nitrogens with one attached hydrogen (secondary N) is 1. The number of hydrogen-bond acceptors (Lipinski definition) is 5. The van der Waals surface area contributed by atoms with Crippen molar-refractivity contribution in [2.24, 2.45) is 0 Å². The average Bonchev–Trinajstić information content (AvgIpc) is 3.00. The molecule has 9 heteroatoms. The third kappa shape index (κ3) is 4.60. The highest BCUT2D eigenvalue weighted by Crippen LogP contribution is 2.31. The van der Waals surface area contributed by atoms with Gasteiger partial charge in [-0.05, 0) is 85.6 Å². The van der Waals surface area contributed by atoms with Crippen LogP contribution < -0.4 is 15.0 Å². The van der Waals surface area contributed by atoms with Crippen LogP contribution in [-0.4, -0.2) is 17.8 Å². The third-order valence-corrected chi connectivity index (χ3v) is 5.93. The van der Waals surface area contributed by atoms with Gasteiger partial charge in [-0.25, -0.2) is 14.1 Å². The highest BCUT2D eigenvalue weighted by molar-refractivity contribution is 9.10. The summed E-state index contributed by atoms with van der Waals surface area (Å²) < 4.78 is 19.7. The maximum Gasteiger partial charge on any atom is 0.343 e. The van der Waals surface area contributed by atoms with E-state index in [1.54, 1.807) is 12.1 Å². The molecule has 0 spiro atoms. The van der Waals surface area contributed by atoms with Crippen molar-refractivity contribution < 1.29 is 23.5 Å². The number of amides is 2. The Morgan fingerprint density at radius 2 is 1.56 bits per heavy atom. The van der Waals surface area contributed by atoms with Gasteiger partial charge >= 0.3 is 5.97 Å². The number of rotatable bonds is 5. The number of anilines is 2. The minimum Gasteiger partial charge on any atom is -0.422 e. The van der Waals surface area contributed by atoms with Crippen molar-refractivity contribution in [2.45, 2.75) is 13.8 Å². The maximum absolute atomic E-state index is 13.2. The number of imide groups is 1. The van der Waals surface area contributed by atoms with Crippen LogP contribution in [0.1, 0.15) is 21.5 Å². The van der Waals surface area contributed by atoms with Crippen LogP contribution in [-0.2, 0) is 9.59 Å². The zero-order chi connectivity index (χ0) is 24.6. The zero-order valence-corrected chi connectivity index (χ0v) is 20.3. The van der Waals surface area contributed by atoms with Crippen molar-refractivity contribution in [1.82, 2.24) is 0 Å². The normalized spacial score (nSPS) is 13.5. The van der Waals surface area contributed by atoms with Crippen LogP contribution in [0.5, 0.6) is 5.75 Å². The summed E-state index contributed by atoms with van der Waals surface area (Å²) in [5.74, 6) is -1.94. The smallest absolute Gasteiger partial charge is 0.343 e. The Kier molecular flexibility index (Phi) is 6.54. The largest absolute Gasteiger partial charge is 0.422 e. The monoisotopic (exact) mass is 542 g/mol. The Morgan fingerprint density at radius 1 is 0.971 bits per heavy atom. The van der Waals surface area contributed by atoms with Crippen molar-refractivity contribution in [3.05, 3.63) is 98.4 Å². The summed E-state index contributed by atoms with van der Waals surface area (Å²) in [5.41, 5.74) is 2.44. The maximum atomic E-state index is 13.2. The molecule has 0 bridgehead atoms. The van der Waals surface area contributed by atoms with Gasteiger partial charge in [0.25, 0.3) is 11.8 Å². The van der Waals surface area contributed by atoms with Crippen LogP contribution in [0.4, 0.5) is 15.8 Å². The lowest BCUT2D eigenvalue weighted by atomic mass is 10.1. The molecule has 0 fully saturated rings. The van der Waals surface area contributed by atoms with E-state index in [1.807, 2.05) is 26.0 Å². The number of aryl methyl sites for hydroxylation is 2. The molecule has 4 rings (SSSR count). The SMILES string of the molecule is Cc1cc(Br)cc(C)c1OC(=O)c1ccc(NC2=C(Cl)C(=O)N(c3ccc(F)cc3)C2=O)cc1. The number of carbonyl (C=O) groups is 3. The number of carbonyl (C=O) groups excluding carboxylic acids is 3. The summed E-state index contributed by atoms with van der Waals surface area (Å²) in [6, 6.07) is 14.8. The molecule has 1 aliphatic rings. The molecule has 172 valence electrons. The minimum absolute atomic E-state index is 0.118. The number of esters is 1. The van der Waals surface area contributed by atoms with E-state index < -0.39 is 23.6 Å². The Balaban J connectivity index is 1.49. The number of ether oxygens (including phenoxy) is 1. The van der Waals surface area contributed by atoms with Crippen LogP contribution in [0.3, 0.4) is 0 Å². The second-order valence-corrected chi connectivity index (χ2v) is 8.87. The molecule has 0 radical (unpaired) electrons. The first-order valence-corrected chi connectivity index (χ1v) is 11.2. The van der Waals surface area contributed by atoms with Crippen molar-refractivity contribution in [1.29, 1.82) is 0 Å². The molecule has 0 saturated carbocycles. The quantitative estimate of drug-likeness (QED) is 0.248. The van der Waals surface area contributed by atoms with Gasteiger partial charge in [0, 0.05) is 10.2 Å². The summed E-state index contributed by atoms with van der Waals surface area (Å²) in [4.78, 5) is 38.8. The predicted octanol–water partition coefficient (Wildman–Crippen LogP) is 5.86. The molecule has 6 nitrogen and oxygen atoms in total. The summed E-state index contributed by atoms with van der Waals surface area (Å²) in [7, 11) is 0. The Labute approximate surface area is 208 Å². The molecule has 2 amide bonds. The summed E-state index contributed by atoms with van der Waals surface area (Å²) >= 11 is 9.53. The van der Waals surface area contributed by atoms with Gasteiger partial charge in [-0.15, -0.1) is 0 Å². The topological polar surface area (TPSA) is 75.7 Å². The molecule has 1 aliphatic heterocycles. The second kappa shape index (κ2) is 9.40. The zero-order valence-electron chi connectivity index (χ0n) is 18.0. The Hall–Kier alpha value is -3.49. The summed E-state index contributed by atoms with van der Waals surface area (Å²) in [5, 5.41) is 2.53. The van der Waals surface area contributed by atoms with E-state index >= 15 is 0 Å². The highest BCUT2D eigenvalue weighted by atomic mass is 79.9. The van der Waals surface area contributed by atoms with Crippen molar-refractivity contribution >= 4 is 56.7 Å². The Morgan fingerprint density at radius 3 is 2.15 bits per heavy atom. The molecule has 0 unspecified atom stereocenters. The molecular weight excluding hydrogens is 527 g/mol. The van der Waals surface area contributed by atoms with Gasteiger partial charge in [0.15, 0.2) is 0 Å². The number of benzene rings is 3. The van der Waals surface area contributed by atoms with Gasteiger partial charge in [0.2, 0.25) is 0 Å². The second-order valence-electron chi connectivity index (χ2n) is 7.57.